The van der Waals surface area contributed by atoms with Gasteiger partial charge in [0.1, 0.15) is 5.60 Å². The summed E-state index contributed by atoms with van der Waals surface area (Å²) in [4.78, 5) is 40.5. The van der Waals surface area contributed by atoms with Crippen molar-refractivity contribution in [3.63, 3.8) is 0 Å². The quantitative estimate of drug-likeness (QED) is 0.720. The van der Waals surface area contributed by atoms with Gasteiger partial charge < -0.3 is 20.3 Å². The molecule has 0 bridgehead atoms. The number of nitrogens with zero attached hydrogens (tertiary/aromatic N) is 2. The molecule has 0 spiro atoms. The van der Waals surface area contributed by atoms with Gasteiger partial charge in [-0.2, -0.15) is 0 Å². The number of ketones is 1. The van der Waals surface area contributed by atoms with E-state index in [1.54, 1.807) is 21.9 Å². The Morgan fingerprint density at radius 1 is 1.03 bits per heavy atom. The maximum absolute atomic E-state index is 13.3. The highest BCUT2D eigenvalue weighted by Gasteiger charge is 2.40. The Morgan fingerprint density at radius 3 is 2.19 bits per heavy atom. The molecule has 3 rings (SSSR count). The highest BCUT2D eigenvalue weighted by molar-refractivity contribution is 5.98. The van der Waals surface area contributed by atoms with Crippen molar-refractivity contribution >= 4 is 23.5 Å². The van der Waals surface area contributed by atoms with Crippen molar-refractivity contribution in [3.05, 3.63) is 65.7 Å². The molecule has 7 heteroatoms. The average molecular weight is 424 g/mol. The molecule has 2 amide bonds. The van der Waals surface area contributed by atoms with E-state index in [2.05, 4.69) is 0 Å². The van der Waals surface area contributed by atoms with Crippen molar-refractivity contribution in [2.75, 3.05) is 24.5 Å². The number of hydrogen-bond acceptors (Lipinski definition) is 5. The van der Waals surface area contributed by atoms with E-state index in [1.165, 1.54) is 0 Å². The fourth-order valence-corrected chi connectivity index (χ4v) is 3.33. The van der Waals surface area contributed by atoms with E-state index in [9.17, 15) is 14.4 Å². The molecule has 1 fully saturated rings. The molecule has 1 saturated heterocycles. The summed E-state index contributed by atoms with van der Waals surface area (Å²) < 4.78 is 5.38. The third-order valence-corrected chi connectivity index (χ3v) is 5.02. The summed E-state index contributed by atoms with van der Waals surface area (Å²) in [5.41, 5.74) is 7.08. The molecule has 1 aliphatic heterocycles. The van der Waals surface area contributed by atoms with Crippen LogP contribution in [-0.2, 0) is 16.1 Å². The number of nitrogens with two attached hydrogens (primary N) is 1. The predicted molar refractivity (Wildman–Crippen MR) is 119 cm³/mol. The van der Waals surface area contributed by atoms with E-state index in [-0.39, 0.29) is 24.2 Å². The van der Waals surface area contributed by atoms with Crippen LogP contribution in [0.25, 0.3) is 0 Å². The van der Waals surface area contributed by atoms with Crippen LogP contribution in [0.2, 0.25) is 0 Å². The number of rotatable bonds is 6. The predicted octanol–water partition coefficient (Wildman–Crippen LogP) is 3.23. The van der Waals surface area contributed by atoms with Crippen LogP contribution in [0.1, 0.15) is 36.7 Å². The minimum Gasteiger partial charge on any atom is -0.444 e. The van der Waals surface area contributed by atoms with E-state index in [0.717, 1.165) is 11.3 Å². The van der Waals surface area contributed by atoms with Crippen LogP contribution in [0.15, 0.2) is 54.6 Å². The van der Waals surface area contributed by atoms with Gasteiger partial charge in [0.15, 0.2) is 5.78 Å². The third-order valence-electron chi connectivity index (χ3n) is 5.02. The molecular formula is C24H29N3O4. The maximum Gasteiger partial charge on any atom is 0.410 e. The maximum atomic E-state index is 13.3. The lowest BCUT2D eigenvalue weighted by Gasteiger charge is -2.41. The van der Waals surface area contributed by atoms with Crippen LogP contribution >= 0.6 is 0 Å². The van der Waals surface area contributed by atoms with Gasteiger partial charge in [0.05, 0.1) is 19.0 Å². The van der Waals surface area contributed by atoms with Crippen LogP contribution in [0, 0.1) is 5.92 Å². The smallest absolute Gasteiger partial charge is 0.410 e. The number of hydrogen-bond donors (Lipinski definition) is 1. The van der Waals surface area contributed by atoms with Crippen molar-refractivity contribution in [2.24, 2.45) is 11.7 Å². The highest BCUT2D eigenvalue weighted by atomic mass is 16.6. The normalized spacial score (nSPS) is 14.0. The number of amides is 2. The summed E-state index contributed by atoms with van der Waals surface area (Å²) in [6.45, 7) is 6.44. The SMILES string of the molecule is CC(C)(C)OC(=O)N1CC(C(=O)N(Cc2ccc(C(=O)CN)cc2)c2ccccc2)C1. The second-order valence-corrected chi connectivity index (χ2v) is 8.67. The topological polar surface area (TPSA) is 92.9 Å². The minimum absolute atomic E-state index is 0.0379. The monoisotopic (exact) mass is 423 g/mol. The molecule has 7 nitrogen and oxygen atoms in total. The Labute approximate surface area is 182 Å². The number of benzene rings is 2. The van der Waals surface area contributed by atoms with E-state index in [4.69, 9.17) is 10.5 Å². The van der Waals surface area contributed by atoms with Crippen LogP contribution in [0.5, 0.6) is 0 Å². The number of likely N-dealkylation sites (tertiary alicyclic amines) is 1. The van der Waals surface area contributed by atoms with Crippen molar-refractivity contribution in [3.8, 4) is 0 Å². The molecule has 1 heterocycles. The molecule has 2 aromatic rings. The number of carbonyl (C=O) groups excluding carboxylic acids is 3. The molecule has 31 heavy (non-hydrogen) atoms. The summed E-state index contributed by atoms with van der Waals surface area (Å²) in [5.74, 6) is -0.460. The van der Waals surface area contributed by atoms with Gasteiger partial charge >= 0.3 is 6.09 Å². The number of anilines is 1. The lowest BCUT2D eigenvalue weighted by Crippen LogP contribution is -2.57. The van der Waals surface area contributed by atoms with Gasteiger partial charge in [-0.1, -0.05) is 42.5 Å². The minimum atomic E-state index is -0.570. The van der Waals surface area contributed by atoms with Crippen LogP contribution in [0.4, 0.5) is 10.5 Å². The van der Waals surface area contributed by atoms with E-state index in [1.807, 2.05) is 63.2 Å². The van der Waals surface area contributed by atoms with E-state index < -0.39 is 11.7 Å². The Kier molecular flexibility index (Phi) is 6.75. The first kappa shape index (κ1) is 22.5. The molecule has 0 saturated carbocycles. The van der Waals surface area contributed by atoms with Crippen molar-refractivity contribution in [1.82, 2.24) is 4.90 Å². The first-order chi connectivity index (χ1) is 14.7. The third kappa shape index (κ3) is 5.70. The van der Waals surface area contributed by atoms with Crippen LogP contribution < -0.4 is 10.6 Å². The fourth-order valence-electron chi connectivity index (χ4n) is 3.33. The van der Waals surface area contributed by atoms with Crippen molar-refractivity contribution in [2.45, 2.75) is 32.9 Å². The summed E-state index contributed by atoms with van der Waals surface area (Å²) >= 11 is 0. The number of carbonyl (C=O) groups is 3. The summed E-state index contributed by atoms with van der Waals surface area (Å²) in [6.07, 6.45) is -0.400. The van der Waals surface area contributed by atoms with Crippen LogP contribution in [-0.4, -0.2) is 47.9 Å². The summed E-state index contributed by atoms with van der Waals surface area (Å²) in [7, 11) is 0. The Hall–Kier alpha value is -3.19. The zero-order valence-electron chi connectivity index (χ0n) is 18.2. The lowest BCUT2D eigenvalue weighted by molar-refractivity contribution is -0.127. The Morgan fingerprint density at radius 2 is 1.65 bits per heavy atom. The molecule has 0 aromatic heterocycles. The first-order valence-electron chi connectivity index (χ1n) is 10.3. The molecule has 0 aliphatic carbocycles. The van der Waals surface area contributed by atoms with E-state index >= 15 is 0 Å². The number of para-hydroxylation sites is 1. The van der Waals surface area contributed by atoms with Gasteiger partial charge in [-0.05, 0) is 38.5 Å². The largest absolute Gasteiger partial charge is 0.444 e. The standard InChI is InChI=1S/C24H29N3O4/c1-24(2,3)31-23(30)26-15-19(16-26)22(29)27(20-7-5-4-6-8-20)14-17-9-11-18(12-10-17)21(28)13-25/h4-12,19H,13-16,25H2,1-3H3. The summed E-state index contributed by atoms with van der Waals surface area (Å²) in [6, 6.07) is 16.5. The molecule has 2 aromatic carbocycles. The van der Waals surface area contributed by atoms with Crippen molar-refractivity contribution in [1.29, 1.82) is 0 Å². The number of Topliss-reactive ketones (excluding diaryl/α,β-unsaturated/α-hetero) is 1. The van der Waals surface area contributed by atoms with Crippen LogP contribution in [0.3, 0.4) is 0 Å². The number of ether oxygens (including phenoxy) is 1. The van der Waals surface area contributed by atoms with Gasteiger partial charge in [0, 0.05) is 24.3 Å². The van der Waals surface area contributed by atoms with Gasteiger partial charge in [-0.25, -0.2) is 4.79 Å². The molecule has 164 valence electrons. The molecular weight excluding hydrogens is 394 g/mol. The lowest BCUT2D eigenvalue weighted by atomic mass is 9.98. The van der Waals surface area contributed by atoms with Gasteiger partial charge in [0.2, 0.25) is 5.91 Å². The second-order valence-electron chi connectivity index (χ2n) is 8.67. The van der Waals surface area contributed by atoms with Gasteiger partial charge in [-0.15, -0.1) is 0 Å². The summed E-state index contributed by atoms with van der Waals surface area (Å²) in [5, 5.41) is 0. The Balaban J connectivity index is 1.71. The Bertz CT molecular complexity index is 930. The van der Waals surface area contributed by atoms with E-state index in [0.29, 0.717) is 25.2 Å². The molecule has 1 aliphatic rings. The second kappa shape index (κ2) is 9.31. The fraction of sp³-hybridized carbons (Fsp3) is 0.375. The zero-order valence-corrected chi connectivity index (χ0v) is 18.2. The first-order valence-corrected chi connectivity index (χ1v) is 10.3. The average Bonchev–Trinajstić information content (AvgIpc) is 2.70. The van der Waals surface area contributed by atoms with Gasteiger partial charge in [-0.3, -0.25) is 9.59 Å². The molecule has 0 atom stereocenters. The van der Waals surface area contributed by atoms with Gasteiger partial charge in [0.25, 0.3) is 0 Å². The molecule has 2 N–H and O–H groups in total. The highest BCUT2D eigenvalue weighted by Crippen LogP contribution is 2.26. The zero-order chi connectivity index (χ0) is 22.6. The molecule has 0 radical (unpaired) electrons. The molecule has 0 unspecified atom stereocenters. The van der Waals surface area contributed by atoms with Crippen molar-refractivity contribution < 1.29 is 19.1 Å².